The number of rotatable bonds is 4. The summed E-state index contributed by atoms with van der Waals surface area (Å²) >= 11 is 0. The lowest BCUT2D eigenvalue weighted by atomic mass is 9.79. The summed E-state index contributed by atoms with van der Waals surface area (Å²) < 4.78 is 5.40. The minimum absolute atomic E-state index is 0.368. The van der Waals surface area contributed by atoms with Gasteiger partial charge in [-0.15, -0.1) is 0 Å². The number of fused-ring (bicyclic) bond motifs is 1. The van der Waals surface area contributed by atoms with Crippen molar-refractivity contribution in [1.82, 2.24) is 0 Å². The van der Waals surface area contributed by atoms with E-state index in [4.69, 9.17) is 4.74 Å². The highest BCUT2D eigenvalue weighted by atomic mass is 16.5. The molecule has 1 aliphatic carbocycles. The highest BCUT2D eigenvalue weighted by Crippen LogP contribution is 2.38. The van der Waals surface area contributed by atoms with Gasteiger partial charge in [-0.05, 0) is 79.1 Å². The Kier molecular flexibility index (Phi) is 4.23. The third kappa shape index (κ3) is 2.89. The molecule has 3 rings (SSSR count). The van der Waals surface area contributed by atoms with Gasteiger partial charge in [0.05, 0.1) is 7.11 Å². The predicted octanol–water partition coefficient (Wildman–Crippen LogP) is 4.11. The number of anilines is 1. The molecule has 0 fully saturated rings. The van der Waals surface area contributed by atoms with E-state index in [1.165, 1.54) is 22.4 Å². The largest absolute Gasteiger partial charge is 0.508 e. The van der Waals surface area contributed by atoms with Crippen LogP contribution < -0.4 is 10.1 Å². The van der Waals surface area contributed by atoms with Crippen LogP contribution in [0.1, 0.15) is 36.0 Å². The summed E-state index contributed by atoms with van der Waals surface area (Å²) in [7, 11) is 1.71. The molecule has 0 aliphatic heterocycles. The van der Waals surface area contributed by atoms with Crippen LogP contribution in [0.25, 0.3) is 0 Å². The molecule has 2 aromatic rings. The van der Waals surface area contributed by atoms with Crippen LogP contribution in [0.5, 0.6) is 11.5 Å². The maximum absolute atomic E-state index is 9.63. The van der Waals surface area contributed by atoms with E-state index in [-0.39, 0.29) is 0 Å². The van der Waals surface area contributed by atoms with E-state index in [0.717, 1.165) is 31.6 Å². The number of hydrogen-bond donors (Lipinski definition) is 2. The van der Waals surface area contributed by atoms with Gasteiger partial charge in [0.2, 0.25) is 0 Å². The normalized spacial score (nSPS) is 16.9. The Hall–Kier alpha value is -2.16. The third-order valence-corrected chi connectivity index (χ3v) is 4.48. The molecule has 0 bridgehead atoms. The van der Waals surface area contributed by atoms with E-state index in [2.05, 4.69) is 30.4 Å². The lowest BCUT2D eigenvalue weighted by Crippen LogP contribution is -2.14. The lowest BCUT2D eigenvalue weighted by molar-refractivity contribution is 0.413. The van der Waals surface area contributed by atoms with Gasteiger partial charge in [0.15, 0.2) is 0 Å². The molecule has 3 heteroatoms. The Labute approximate surface area is 131 Å². The number of ether oxygens (including phenoxy) is 1. The molecule has 2 N–H and O–H groups in total. The first kappa shape index (κ1) is 14.8. The topological polar surface area (TPSA) is 41.5 Å². The molecule has 0 saturated heterocycles. The van der Waals surface area contributed by atoms with E-state index in [9.17, 15) is 5.11 Å². The van der Waals surface area contributed by atoms with Gasteiger partial charge >= 0.3 is 0 Å². The lowest BCUT2D eigenvalue weighted by Gasteiger charge is -2.27. The van der Waals surface area contributed by atoms with Crippen LogP contribution in [0.2, 0.25) is 0 Å². The number of nitrogens with one attached hydrogen (secondary N) is 1. The summed E-state index contributed by atoms with van der Waals surface area (Å²) in [5.41, 5.74) is 5.17. The molecule has 3 nitrogen and oxygen atoms in total. The maximum atomic E-state index is 9.63. The van der Waals surface area contributed by atoms with Crippen LogP contribution in [0.4, 0.5) is 5.69 Å². The zero-order valence-electron chi connectivity index (χ0n) is 13.2. The molecule has 0 heterocycles. The summed E-state index contributed by atoms with van der Waals surface area (Å²) in [6.45, 7) is 3.03. The fraction of sp³-hybridized carbons (Fsp3) is 0.368. The quantitative estimate of drug-likeness (QED) is 0.892. The van der Waals surface area contributed by atoms with E-state index >= 15 is 0 Å². The van der Waals surface area contributed by atoms with Crippen molar-refractivity contribution in [2.45, 2.75) is 32.1 Å². The summed E-state index contributed by atoms with van der Waals surface area (Å²) in [5, 5.41) is 13.1. The Morgan fingerprint density at radius 2 is 2.05 bits per heavy atom. The van der Waals surface area contributed by atoms with Crippen molar-refractivity contribution in [1.29, 1.82) is 0 Å². The number of aromatic hydroxyl groups is 1. The molecular weight excluding hydrogens is 274 g/mol. The fourth-order valence-electron chi connectivity index (χ4n) is 3.36. The van der Waals surface area contributed by atoms with Crippen molar-refractivity contribution in [2.75, 3.05) is 19.0 Å². The molecule has 1 unspecified atom stereocenters. The molecule has 1 atom stereocenters. The van der Waals surface area contributed by atoms with Crippen molar-refractivity contribution >= 4 is 5.69 Å². The van der Waals surface area contributed by atoms with E-state index in [1.807, 2.05) is 12.1 Å². The van der Waals surface area contributed by atoms with Crippen molar-refractivity contribution in [3.63, 3.8) is 0 Å². The van der Waals surface area contributed by atoms with E-state index in [0.29, 0.717) is 11.7 Å². The monoisotopic (exact) mass is 297 g/mol. The Morgan fingerprint density at radius 1 is 1.18 bits per heavy atom. The zero-order valence-corrected chi connectivity index (χ0v) is 13.2. The van der Waals surface area contributed by atoms with Gasteiger partial charge in [0.25, 0.3) is 0 Å². The molecular formula is C19H23NO2. The summed E-state index contributed by atoms with van der Waals surface area (Å²) in [6.07, 6.45) is 3.13. The summed E-state index contributed by atoms with van der Waals surface area (Å²) in [5.74, 6) is 1.77. The molecule has 0 spiro atoms. The van der Waals surface area contributed by atoms with Crippen LogP contribution >= 0.6 is 0 Å². The average molecular weight is 297 g/mol. The van der Waals surface area contributed by atoms with E-state index in [1.54, 1.807) is 13.2 Å². The Balaban J connectivity index is 1.92. The number of methoxy groups -OCH3 is 1. The second-order valence-corrected chi connectivity index (χ2v) is 5.88. The molecule has 2 aromatic carbocycles. The number of aryl methyl sites for hydroxylation is 1. The van der Waals surface area contributed by atoms with Crippen LogP contribution in [-0.2, 0) is 12.8 Å². The second-order valence-electron chi connectivity index (χ2n) is 5.88. The highest BCUT2D eigenvalue weighted by molar-refractivity contribution is 5.57. The SMILES string of the molecule is CCNc1ccc(OC)cc1C1CCc2cc(O)ccc2C1. The smallest absolute Gasteiger partial charge is 0.119 e. The Bertz CT molecular complexity index is 666. The number of hydrogen-bond acceptors (Lipinski definition) is 3. The molecule has 22 heavy (non-hydrogen) atoms. The maximum Gasteiger partial charge on any atom is 0.119 e. The van der Waals surface area contributed by atoms with Gasteiger partial charge < -0.3 is 15.2 Å². The molecule has 0 aromatic heterocycles. The van der Waals surface area contributed by atoms with Crippen molar-refractivity contribution in [3.05, 3.63) is 53.1 Å². The van der Waals surface area contributed by atoms with Crippen molar-refractivity contribution in [2.24, 2.45) is 0 Å². The summed E-state index contributed by atoms with van der Waals surface area (Å²) in [6, 6.07) is 12.0. The first-order chi connectivity index (χ1) is 10.7. The number of phenolic OH excluding ortho intramolecular Hbond substituents is 1. The Morgan fingerprint density at radius 3 is 2.82 bits per heavy atom. The second kappa shape index (κ2) is 6.30. The van der Waals surface area contributed by atoms with Gasteiger partial charge in [0, 0.05) is 12.2 Å². The van der Waals surface area contributed by atoms with Gasteiger partial charge in [0.1, 0.15) is 11.5 Å². The average Bonchev–Trinajstić information content (AvgIpc) is 2.55. The van der Waals surface area contributed by atoms with Gasteiger partial charge in [-0.1, -0.05) is 6.07 Å². The first-order valence-electron chi connectivity index (χ1n) is 7.93. The van der Waals surface area contributed by atoms with Gasteiger partial charge in [-0.2, -0.15) is 0 Å². The van der Waals surface area contributed by atoms with Crippen LogP contribution in [0.3, 0.4) is 0 Å². The number of phenols is 1. The zero-order chi connectivity index (χ0) is 15.5. The molecule has 0 radical (unpaired) electrons. The van der Waals surface area contributed by atoms with Crippen LogP contribution in [-0.4, -0.2) is 18.8 Å². The van der Waals surface area contributed by atoms with E-state index < -0.39 is 0 Å². The van der Waals surface area contributed by atoms with Crippen molar-refractivity contribution < 1.29 is 9.84 Å². The molecule has 0 saturated carbocycles. The molecule has 0 amide bonds. The predicted molar refractivity (Wildman–Crippen MR) is 90.0 cm³/mol. The minimum atomic E-state index is 0.368. The van der Waals surface area contributed by atoms with Crippen LogP contribution in [0.15, 0.2) is 36.4 Å². The molecule has 116 valence electrons. The minimum Gasteiger partial charge on any atom is -0.508 e. The standard InChI is InChI=1S/C19H23NO2/c1-3-20-19-9-8-17(22-2)12-18(19)15-5-4-14-11-16(21)7-6-13(14)10-15/h6-9,11-12,15,20-21H,3-5,10H2,1-2H3. The third-order valence-electron chi connectivity index (χ3n) is 4.48. The van der Waals surface area contributed by atoms with Crippen molar-refractivity contribution in [3.8, 4) is 11.5 Å². The highest BCUT2D eigenvalue weighted by Gasteiger charge is 2.23. The van der Waals surface area contributed by atoms with Gasteiger partial charge in [-0.3, -0.25) is 0 Å². The summed E-state index contributed by atoms with van der Waals surface area (Å²) in [4.78, 5) is 0. The van der Waals surface area contributed by atoms with Crippen LogP contribution in [0, 0.1) is 0 Å². The molecule has 1 aliphatic rings. The first-order valence-corrected chi connectivity index (χ1v) is 7.93. The fourth-order valence-corrected chi connectivity index (χ4v) is 3.36. The van der Waals surface area contributed by atoms with Gasteiger partial charge in [-0.25, -0.2) is 0 Å². The number of benzene rings is 2.